The summed E-state index contributed by atoms with van der Waals surface area (Å²) >= 11 is 0. The van der Waals surface area contributed by atoms with E-state index in [1.165, 1.54) is 116 Å². The second-order valence-electron chi connectivity index (χ2n) is 24.8. The maximum Gasteiger partial charge on any atom is 0.157 e. The lowest BCUT2D eigenvalue weighted by Crippen LogP contribution is -2.52. The highest BCUT2D eigenvalue weighted by Crippen LogP contribution is 2.54. The summed E-state index contributed by atoms with van der Waals surface area (Å²) in [6.07, 6.45) is 30.5. The first-order valence-electron chi connectivity index (χ1n) is 28.1. The maximum absolute atomic E-state index is 14.8. The number of rotatable bonds is 8. The standard InChI is InChI=1S/C54H84N4O6S2/c55-31-41-29-51(65(59,60)43-19-13-35(14-20-43)33-5-9-37(10-6-33)39-17-23-49-47(27-39)45-3-1-25-57-53(45)63-49)52(30-42(41)32-56)66(61,62)44-21-15-36(16-22-44)34-7-11-38(12-8-34)40-18-24-50-48(28-40)46-4-2-26-58-54(46)64-50/h33-54,57-58H,1-30H2. The number of nitrogens with zero attached hydrogens (tertiary/aromatic N) is 2. The third-order valence-electron chi connectivity index (χ3n) is 22.1. The maximum atomic E-state index is 14.8. The average molecular weight is 949 g/mol. The van der Waals surface area contributed by atoms with Gasteiger partial charge in [-0.2, -0.15) is 10.5 Å². The Labute approximate surface area is 398 Å². The molecule has 14 unspecified atom stereocenters. The summed E-state index contributed by atoms with van der Waals surface area (Å²) < 4.78 is 72.3. The van der Waals surface area contributed by atoms with Crippen molar-refractivity contribution in [3.05, 3.63) is 0 Å². The van der Waals surface area contributed by atoms with E-state index in [4.69, 9.17) is 9.47 Å². The number of hydrogen-bond acceptors (Lipinski definition) is 10. The third-order valence-corrected chi connectivity index (χ3v) is 27.8. The molecule has 0 radical (unpaired) electrons. The van der Waals surface area contributed by atoms with Crippen LogP contribution in [0.2, 0.25) is 0 Å². The van der Waals surface area contributed by atoms with Gasteiger partial charge < -0.3 is 9.47 Å². The number of piperidine rings is 2. The van der Waals surface area contributed by atoms with Crippen LogP contribution in [0, 0.1) is 106 Å². The van der Waals surface area contributed by atoms with Gasteiger partial charge in [0.25, 0.3) is 0 Å². The van der Waals surface area contributed by atoms with Crippen molar-refractivity contribution in [2.75, 3.05) is 13.1 Å². The zero-order valence-corrected chi connectivity index (χ0v) is 41.7. The molecule has 66 heavy (non-hydrogen) atoms. The van der Waals surface area contributed by atoms with Crippen LogP contribution in [0.15, 0.2) is 0 Å². The molecule has 10 nitrogen and oxygen atoms in total. The Kier molecular flexibility index (Phi) is 14.1. The van der Waals surface area contributed by atoms with Crippen LogP contribution in [0.3, 0.4) is 0 Å². The summed E-state index contributed by atoms with van der Waals surface area (Å²) in [7, 11) is -7.68. The van der Waals surface area contributed by atoms with Crippen LogP contribution in [0.4, 0.5) is 0 Å². The molecule has 0 bridgehead atoms. The average Bonchev–Trinajstić information content (AvgIpc) is 3.94. The fraction of sp³-hybridized carbons (Fsp3) is 0.963. The lowest BCUT2D eigenvalue weighted by molar-refractivity contribution is -0.0167. The number of nitriles is 2. The molecule has 0 spiro atoms. The van der Waals surface area contributed by atoms with Gasteiger partial charge in [0, 0.05) is 11.8 Å². The number of ether oxygens (including phenoxy) is 2. The molecule has 4 heterocycles. The molecule has 11 aliphatic rings. The lowest BCUT2D eigenvalue weighted by Gasteiger charge is -2.44. The van der Waals surface area contributed by atoms with Crippen molar-refractivity contribution in [2.45, 2.75) is 225 Å². The molecule has 14 atom stereocenters. The van der Waals surface area contributed by atoms with Crippen molar-refractivity contribution in [3.8, 4) is 12.1 Å². The van der Waals surface area contributed by atoms with Gasteiger partial charge >= 0.3 is 0 Å². The molecule has 12 heteroatoms. The summed E-state index contributed by atoms with van der Waals surface area (Å²) in [5.41, 5.74) is 0. The summed E-state index contributed by atoms with van der Waals surface area (Å²) in [4.78, 5) is 0. The van der Waals surface area contributed by atoms with Crippen LogP contribution in [-0.4, -0.2) is 75.6 Å². The summed E-state index contributed by atoms with van der Waals surface area (Å²) in [6, 6.07) is 4.50. The Morgan fingerprint density at radius 2 is 0.697 bits per heavy atom. The van der Waals surface area contributed by atoms with Gasteiger partial charge in [0.05, 0.1) is 57.2 Å². The van der Waals surface area contributed by atoms with Crippen molar-refractivity contribution < 1.29 is 26.3 Å². The fourth-order valence-electron chi connectivity index (χ4n) is 18.4. The minimum absolute atomic E-state index is 0.0240. The van der Waals surface area contributed by atoms with Crippen LogP contribution in [-0.2, 0) is 29.1 Å². The summed E-state index contributed by atoms with van der Waals surface area (Å²) in [6.45, 7) is 2.18. The first-order chi connectivity index (χ1) is 32.1. The Hall–Kier alpha value is -1.28. The molecule has 7 aliphatic carbocycles. The van der Waals surface area contributed by atoms with Crippen LogP contribution >= 0.6 is 0 Å². The van der Waals surface area contributed by atoms with Gasteiger partial charge in [-0.3, -0.25) is 10.6 Å². The quantitative estimate of drug-likeness (QED) is 0.240. The Morgan fingerprint density at radius 1 is 0.379 bits per heavy atom. The van der Waals surface area contributed by atoms with Crippen molar-refractivity contribution in [2.24, 2.45) is 82.9 Å². The summed E-state index contributed by atoms with van der Waals surface area (Å²) in [5.74, 6) is 7.00. The van der Waals surface area contributed by atoms with Gasteiger partial charge in [-0.15, -0.1) is 0 Å². The summed E-state index contributed by atoms with van der Waals surface area (Å²) in [5, 5.41) is 24.3. The fourth-order valence-corrected chi connectivity index (χ4v) is 24.2. The zero-order chi connectivity index (χ0) is 45.2. The predicted molar refractivity (Wildman–Crippen MR) is 256 cm³/mol. The van der Waals surface area contributed by atoms with Gasteiger partial charge in [0.15, 0.2) is 19.7 Å². The Balaban J connectivity index is 0.670. The molecule has 4 aliphatic heterocycles. The Morgan fingerprint density at radius 3 is 1.05 bits per heavy atom. The second kappa shape index (κ2) is 19.7. The molecule has 11 fully saturated rings. The van der Waals surface area contributed by atoms with Crippen molar-refractivity contribution in [1.29, 1.82) is 10.5 Å². The van der Waals surface area contributed by atoms with Gasteiger partial charge in [0.1, 0.15) is 12.5 Å². The van der Waals surface area contributed by atoms with Crippen molar-refractivity contribution in [3.63, 3.8) is 0 Å². The van der Waals surface area contributed by atoms with Crippen LogP contribution < -0.4 is 10.6 Å². The lowest BCUT2D eigenvalue weighted by atomic mass is 9.63. The monoisotopic (exact) mass is 949 g/mol. The number of hydrogen-bond donors (Lipinski definition) is 2. The van der Waals surface area contributed by atoms with E-state index in [0.29, 0.717) is 73.4 Å². The van der Waals surface area contributed by atoms with E-state index in [1.54, 1.807) is 0 Å². The highest BCUT2D eigenvalue weighted by molar-refractivity contribution is 7.96. The van der Waals surface area contributed by atoms with E-state index < -0.39 is 52.5 Å². The molecular formula is C54H84N4O6S2. The zero-order valence-electron chi connectivity index (χ0n) is 40.1. The minimum Gasteiger partial charge on any atom is -0.360 e. The molecular weight excluding hydrogens is 865 g/mol. The molecule has 4 saturated heterocycles. The van der Waals surface area contributed by atoms with E-state index in [-0.39, 0.29) is 25.3 Å². The molecule has 0 aromatic heterocycles. The highest BCUT2D eigenvalue weighted by atomic mass is 32.2. The molecule has 0 aromatic rings. The SMILES string of the molecule is N#CC1CC(S(=O)(=O)C2CCC(C3CCC(C4CCC5OC6NCCCC6C5C4)CC3)CC2)C(S(=O)(=O)C2CCC(C3CCC(C4CCC5OC6NCCCC6C5C4)CC3)CC2)CC1C#N. The highest BCUT2D eigenvalue weighted by Gasteiger charge is 2.55. The van der Waals surface area contributed by atoms with E-state index in [1.807, 2.05) is 0 Å². The van der Waals surface area contributed by atoms with Gasteiger partial charge in [-0.25, -0.2) is 16.8 Å². The van der Waals surface area contributed by atoms with E-state index in [0.717, 1.165) is 74.3 Å². The minimum atomic E-state index is -3.84. The van der Waals surface area contributed by atoms with E-state index >= 15 is 0 Å². The van der Waals surface area contributed by atoms with Gasteiger partial charge in [0.2, 0.25) is 0 Å². The number of nitrogens with one attached hydrogen (secondary N) is 2. The molecule has 2 N–H and O–H groups in total. The third kappa shape index (κ3) is 9.02. The van der Waals surface area contributed by atoms with Crippen LogP contribution in [0.25, 0.3) is 0 Å². The van der Waals surface area contributed by atoms with Gasteiger partial charge in [-0.05, 0) is 252 Å². The number of fused-ring (bicyclic) bond motifs is 6. The largest absolute Gasteiger partial charge is 0.360 e. The number of sulfone groups is 2. The topological polar surface area (TPSA) is 158 Å². The van der Waals surface area contributed by atoms with Crippen molar-refractivity contribution >= 4 is 19.7 Å². The first kappa shape index (κ1) is 47.1. The predicted octanol–water partition coefficient (Wildman–Crippen LogP) is 9.64. The van der Waals surface area contributed by atoms with Crippen molar-refractivity contribution in [1.82, 2.24) is 10.6 Å². The Bertz CT molecular complexity index is 1850. The van der Waals surface area contributed by atoms with Crippen LogP contribution in [0.5, 0.6) is 0 Å². The normalized spacial score (nSPS) is 50.1. The van der Waals surface area contributed by atoms with Gasteiger partial charge in [-0.1, -0.05) is 0 Å². The molecule has 0 aromatic carbocycles. The molecule has 11 rings (SSSR count). The molecule has 368 valence electrons. The smallest absolute Gasteiger partial charge is 0.157 e. The first-order valence-corrected chi connectivity index (χ1v) is 31.3. The van der Waals surface area contributed by atoms with E-state index in [2.05, 4.69) is 22.8 Å². The molecule has 7 saturated carbocycles. The van der Waals surface area contributed by atoms with Crippen LogP contribution in [0.1, 0.15) is 180 Å². The molecule has 0 amide bonds. The second-order valence-corrected chi connectivity index (χ2v) is 29.7. The van der Waals surface area contributed by atoms with E-state index in [9.17, 15) is 27.4 Å².